The molecule has 7 saturated heterocycles. The number of ether oxygens (including phenoxy) is 6. The summed E-state index contributed by atoms with van der Waals surface area (Å²) in [6.07, 6.45) is -19.8. The van der Waals surface area contributed by atoms with Gasteiger partial charge < -0.3 is 148 Å². The van der Waals surface area contributed by atoms with Crippen LogP contribution < -0.4 is 54.4 Å². The van der Waals surface area contributed by atoms with Crippen molar-refractivity contribution in [3.8, 4) is 0 Å². The third-order valence-corrected chi connectivity index (χ3v) is 20.6. The number of hydrogen-bond donors (Lipinski definition) is 19. The molecule has 0 aromatic carbocycles. The van der Waals surface area contributed by atoms with Crippen molar-refractivity contribution in [1.29, 1.82) is 0 Å². The van der Waals surface area contributed by atoms with Gasteiger partial charge in [-0.3, -0.25) is 57.7 Å². The van der Waals surface area contributed by atoms with Gasteiger partial charge in [0.2, 0.25) is 65.0 Å². The Kier molecular flexibility index (Phi) is 31.9. The van der Waals surface area contributed by atoms with Crippen molar-refractivity contribution < 1.29 is 127 Å². The number of nitrogens with one attached hydrogen (secondary N) is 7. The van der Waals surface area contributed by atoms with Crippen LogP contribution in [0.15, 0.2) is 4.99 Å². The molecule has 7 heterocycles. The topological polar surface area (TPSA) is 613 Å². The van der Waals surface area contributed by atoms with Gasteiger partial charge in [-0.05, 0) is 99.0 Å². The van der Waals surface area contributed by atoms with E-state index in [1.54, 1.807) is 7.05 Å². The molecule has 600 valence electrons. The lowest BCUT2D eigenvalue weighted by atomic mass is 9.91. The largest absolute Gasteiger partial charge is 0.394 e. The zero-order valence-electron chi connectivity index (χ0n) is 60.6. The van der Waals surface area contributed by atoms with Crippen molar-refractivity contribution in [2.45, 2.75) is 252 Å². The Bertz CT molecular complexity index is 3090. The maximum absolute atomic E-state index is 14.9. The summed E-state index contributed by atoms with van der Waals surface area (Å²) in [5, 5.41) is 114. The fourth-order valence-electron chi connectivity index (χ4n) is 14.2. The average molecular weight is 1520 g/mol. The van der Waals surface area contributed by atoms with E-state index in [0.717, 1.165) is 0 Å². The molecule has 26 atom stereocenters. The van der Waals surface area contributed by atoms with E-state index in [4.69, 9.17) is 45.6 Å². The summed E-state index contributed by atoms with van der Waals surface area (Å²) in [5.74, 6) is -10.9. The number of hydrogen-bond acceptors (Lipinski definition) is 28. The number of likely N-dealkylation sites (tertiary alicyclic amines) is 4. The van der Waals surface area contributed by atoms with E-state index in [-0.39, 0.29) is 57.3 Å². The van der Waals surface area contributed by atoms with Gasteiger partial charge in [0.1, 0.15) is 103 Å². The summed E-state index contributed by atoms with van der Waals surface area (Å²) >= 11 is 0. The van der Waals surface area contributed by atoms with Gasteiger partial charge in [-0.15, -0.1) is 0 Å². The van der Waals surface area contributed by atoms with Crippen LogP contribution in [0.4, 0.5) is 0 Å². The Morgan fingerprint density at radius 3 is 1.61 bits per heavy atom. The molecule has 11 amide bonds. The molecule has 106 heavy (non-hydrogen) atoms. The van der Waals surface area contributed by atoms with Gasteiger partial charge in [0.05, 0.1) is 57.3 Å². The molecule has 0 saturated carbocycles. The van der Waals surface area contributed by atoms with Crippen LogP contribution in [0.2, 0.25) is 0 Å². The molecule has 41 heteroatoms. The summed E-state index contributed by atoms with van der Waals surface area (Å²) < 4.78 is 36.2. The molecule has 19 unspecified atom stereocenters. The van der Waals surface area contributed by atoms with E-state index in [1.165, 1.54) is 61.1 Å². The summed E-state index contributed by atoms with van der Waals surface area (Å²) in [7, 11) is 1.61. The number of amides is 11. The third-order valence-electron chi connectivity index (χ3n) is 20.6. The summed E-state index contributed by atoms with van der Waals surface area (Å²) in [6, 6.07) is -12.4. The van der Waals surface area contributed by atoms with Gasteiger partial charge in [0, 0.05) is 44.6 Å². The number of aliphatic hydroxyl groups excluding tert-OH is 9. The number of primary amides is 1. The molecule has 22 N–H and O–H groups in total. The predicted octanol–water partition coefficient (Wildman–Crippen LogP) is -10.9. The second-order valence-electron chi connectivity index (χ2n) is 28.1. The van der Waals surface area contributed by atoms with Crippen LogP contribution in [-0.4, -0.2) is 356 Å². The van der Waals surface area contributed by atoms with Crippen molar-refractivity contribution >= 4 is 70.9 Å². The first-order chi connectivity index (χ1) is 50.2. The van der Waals surface area contributed by atoms with E-state index >= 15 is 0 Å². The Balaban J connectivity index is 1.07. The van der Waals surface area contributed by atoms with Crippen molar-refractivity contribution in [3.05, 3.63) is 0 Å². The number of guanidine groups is 1. The van der Waals surface area contributed by atoms with E-state index in [9.17, 15) is 98.7 Å². The SMILES string of the molecule is CNC(CCCN=C(N)N)C(=O)N1CCCC1C(=O)NC(C)C(=O)N1CCCC1C(=O)NCC(=O)NC(CO)C(=O)NC(C(=O)NC(C)C(=O)N1CCCC1C(=O)N1CCCC1C(=O)NC(C)C(N)=O)C(C)O[C@H]1OC(CO[C@@H]2OC(CO)[C@@H](O)C(O)[C@@H]2C)[C@H](O)C(O[C@@H]2OC(CO)[C@H](O)C(O)C2O)C1C. The minimum atomic E-state index is -2.01. The maximum atomic E-state index is 14.9. The molecule has 0 spiro atoms. The normalized spacial score (nSPS) is 32.3. The standard InChI is InChI=1S/C65H109N15O26/c1-28-45(85)46(86)40(25-82)103-62(28)101-27-42-48(88)51(106-64-50(90)49(89)47(87)41(26-83)104-64)29(2)63(105-42)102-33(6)44(57(96)74-32(5)59(98)80-22-12-17-39(80)61(100)79-21-11-16-38(79)55(94)72-30(3)52(66)91)76-53(92)35(24-81)75-43(84)23-71-54(93)36-14-9-19-77(36)58(97)31(4)73-56(95)37-15-10-20-78(37)60(99)34(69-7)13-8-18-70-65(67)68/h28-42,44-51,62-64,69,81-83,85-90H,8-27H2,1-7H3,(H2,66,91)(H,71,93)(H,72,94)(H,73,95)(H,74,96)(H,75,84)(H,76,92)(H4,67,68,70)/t28-,29?,30?,31?,32?,33?,34?,35?,36?,37?,38?,39?,40?,41?,42?,44?,45?,46+,47-,48-,49?,50?,51?,62+,63-,64-/m0/s1. The fourth-order valence-corrected chi connectivity index (χ4v) is 14.2. The number of aliphatic hydroxyl groups is 9. The minimum absolute atomic E-state index is 0.0260. The Morgan fingerprint density at radius 2 is 1.05 bits per heavy atom. The molecule has 0 aromatic rings. The molecule has 0 aliphatic carbocycles. The quantitative estimate of drug-likeness (QED) is 0.0165. The lowest BCUT2D eigenvalue weighted by molar-refractivity contribution is -0.359. The van der Waals surface area contributed by atoms with Crippen LogP contribution in [0.3, 0.4) is 0 Å². The number of carbonyl (C=O) groups is 11. The minimum Gasteiger partial charge on any atom is -0.394 e. The number of aliphatic imine (C=N–C) groups is 1. The Hall–Kier alpha value is -7.20. The number of likely N-dealkylation sites (N-methyl/N-ethyl adjacent to an activating group) is 1. The maximum Gasteiger partial charge on any atom is 0.246 e. The van der Waals surface area contributed by atoms with Gasteiger partial charge in [-0.2, -0.15) is 0 Å². The van der Waals surface area contributed by atoms with E-state index in [0.29, 0.717) is 51.5 Å². The highest BCUT2D eigenvalue weighted by Crippen LogP contribution is 2.36. The highest BCUT2D eigenvalue weighted by atomic mass is 16.7. The molecule has 0 aromatic heterocycles. The first-order valence-corrected chi connectivity index (χ1v) is 36.0. The zero-order chi connectivity index (χ0) is 78.3. The number of carbonyl (C=O) groups excluding carboxylic acids is 11. The van der Waals surface area contributed by atoms with Gasteiger partial charge in [0.25, 0.3) is 0 Å². The van der Waals surface area contributed by atoms with Crippen LogP contribution in [0.25, 0.3) is 0 Å². The van der Waals surface area contributed by atoms with Crippen LogP contribution in [-0.2, 0) is 81.2 Å². The number of nitrogens with zero attached hydrogens (tertiary/aromatic N) is 5. The Labute approximate surface area is 611 Å². The molecular formula is C65H109N15O26. The highest BCUT2D eigenvalue weighted by Gasteiger charge is 2.53. The van der Waals surface area contributed by atoms with E-state index in [1.807, 2.05) is 0 Å². The summed E-state index contributed by atoms with van der Waals surface area (Å²) in [5.41, 5.74) is 16.2. The van der Waals surface area contributed by atoms with Gasteiger partial charge >= 0.3 is 0 Å². The van der Waals surface area contributed by atoms with Crippen LogP contribution in [0.5, 0.6) is 0 Å². The van der Waals surface area contributed by atoms with Crippen molar-refractivity contribution in [2.75, 3.05) is 72.7 Å². The average Bonchev–Trinajstić information content (AvgIpc) is 0.952. The number of nitrogens with two attached hydrogens (primary N) is 3. The second kappa shape index (κ2) is 39.3. The smallest absolute Gasteiger partial charge is 0.246 e. The van der Waals surface area contributed by atoms with Crippen molar-refractivity contribution in [1.82, 2.24) is 56.8 Å². The molecule has 0 radical (unpaired) electrons. The van der Waals surface area contributed by atoms with E-state index < -0.39 is 250 Å². The van der Waals surface area contributed by atoms with Gasteiger partial charge in [-0.1, -0.05) is 13.8 Å². The summed E-state index contributed by atoms with van der Waals surface area (Å²) in [4.78, 5) is 161. The monoisotopic (exact) mass is 1520 g/mol. The summed E-state index contributed by atoms with van der Waals surface area (Å²) in [6.45, 7) is 4.80. The second-order valence-corrected chi connectivity index (χ2v) is 28.1. The number of rotatable bonds is 33. The Morgan fingerprint density at radius 1 is 0.538 bits per heavy atom. The van der Waals surface area contributed by atoms with Crippen LogP contribution in [0.1, 0.15) is 106 Å². The van der Waals surface area contributed by atoms with Crippen molar-refractivity contribution in [2.24, 2.45) is 34.0 Å². The van der Waals surface area contributed by atoms with Gasteiger partial charge in [0.15, 0.2) is 24.8 Å². The predicted molar refractivity (Wildman–Crippen MR) is 364 cm³/mol. The zero-order valence-corrected chi connectivity index (χ0v) is 60.6. The molecule has 41 nitrogen and oxygen atoms in total. The molecule has 7 aliphatic heterocycles. The molecule has 7 fully saturated rings. The molecule has 0 bridgehead atoms. The van der Waals surface area contributed by atoms with Crippen LogP contribution in [0, 0.1) is 11.8 Å². The highest BCUT2D eigenvalue weighted by molar-refractivity contribution is 5.99. The first kappa shape index (κ1) is 86.0. The molecule has 7 aliphatic rings. The van der Waals surface area contributed by atoms with Gasteiger partial charge in [-0.25, -0.2) is 0 Å². The molecular weight excluding hydrogens is 1410 g/mol. The van der Waals surface area contributed by atoms with Crippen molar-refractivity contribution in [3.63, 3.8) is 0 Å². The molecule has 7 rings (SSSR count). The fraction of sp³-hybridized carbons (Fsp3) is 0.815. The third kappa shape index (κ3) is 21.0. The lowest BCUT2D eigenvalue weighted by Gasteiger charge is -2.48. The first-order valence-electron chi connectivity index (χ1n) is 36.0. The van der Waals surface area contributed by atoms with E-state index in [2.05, 4.69) is 42.2 Å². The lowest BCUT2D eigenvalue weighted by Crippen LogP contribution is -2.64. The van der Waals surface area contributed by atoms with Crippen LogP contribution >= 0.6 is 0 Å².